The fourth-order valence-electron chi connectivity index (χ4n) is 0.997. The van der Waals surface area contributed by atoms with Gasteiger partial charge in [0.15, 0.2) is 0 Å². The fourth-order valence-corrected chi connectivity index (χ4v) is 0.997. The van der Waals surface area contributed by atoms with Gasteiger partial charge in [-0.25, -0.2) is 0 Å². The maximum atomic E-state index is 12.2. The summed E-state index contributed by atoms with van der Waals surface area (Å²) in [6.45, 7) is 0.377. The van der Waals surface area contributed by atoms with Crippen LogP contribution in [0.3, 0.4) is 0 Å². The number of hydrogen-bond acceptors (Lipinski definition) is 3. The van der Waals surface area contributed by atoms with Crippen LogP contribution >= 0.6 is 0 Å². The maximum Gasteiger partial charge on any atom is 0.416 e. The summed E-state index contributed by atoms with van der Waals surface area (Å²) < 4.78 is 36.6. The van der Waals surface area contributed by atoms with Gasteiger partial charge < -0.3 is 10.6 Å². The van der Waals surface area contributed by atoms with E-state index in [-0.39, 0.29) is 13.2 Å². The molecule has 1 aromatic rings. The van der Waals surface area contributed by atoms with Crippen molar-refractivity contribution < 1.29 is 18.0 Å². The van der Waals surface area contributed by atoms with Crippen LogP contribution in [-0.4, -0.2) is 12.8 Å². The summed E-state index contributed by atoms with van der Waals surface area (Å²) >= 11 is 0. The molecule has 0 amide bonds. The van der Waals surface area contributed by atoms with E-state index in [1.54, 1.807) is 0 Å². The Morgan fingerprint density at radius 1 is 1.25 bits per heavy atom. The first-order valence-electron chi connectivity index (χ1n) is 4.54. The molecule has 1 rings (SSSR count). The molecular formula is C10H11F3N2O. The third-order valence-electron chi connectivity index (χ3n) is 1.77. The van der Waals surface area contributed by atoms with Crippen molar-refractivity contribution in [2.24, 2.45) is 10.9 Å². The molecule has 0 aromatic heterocycles. The van der Waals surface area contributed by atoms with Crippen LogP contribution in [0.1, 0.15) is 11.1 Å². The smallest absolute Gasteiger partial charge is 0.391 e. The first-order chi connectivity index (χ1) is 7.54. The molecule has 0 aliphatic rings. The molecule has 0 atom stereocenters. The Morgan fingerprint density at radius 3 is 2.38 bits per heavy atom. The van der Waals surface area contributed by atoms with Crippen LogP contribution in [-0.2, 0) is 17.6 Å². The van der Waals surface area contributed by atoms with Crippen LogP contribution in [0.4, 0.5) is 13.2 Å². The monoisotopic (exact) mass is 232 g/mol. The van der Waals surface area contributed by atoms with Gasteiger partial charge in [0.05, 0.1) is 11.8 Å². The van der Waals surface area contributed by atoms with Crippen LogP contribution in [0.15, 0.2) is 29.4 Å². The Kier molecular flexibility index (Phi) is 4.30. The van der Waals surface area contributed by atoms with Crippen molar-refractivity contribution in [3.63, 3.8) is 0 Å². The van der Waals surface area contributed by atoms with Crippen LogP contribution in [0.5, 0.6) is 0 Å². The van der Waals surface area contributed by atoms with E-state index in [1.807, 2.05) is 0 Å². The molecule has 0 fully saturated rings. The first kappa shape index (κ1) is 12.5. The largest absolute Gasteiger partial charge is 0.416 e. The highest BCUT2D eigenvalue weighted by molar-refractivity contribution is 5.58. The number of benzene rings is 1. The molecule has 0 saturated carbocycles. The molecule has 1 aromatic carbocycles. The van der Waals surface area contributed by atoms with Gasteiger partial charge >= 0.3 is 6.18 Å². The zero-order chi connectivity index (χ0) is 12.0. The first-order valence-corrected chi connectivity index (χ1v) is 4.54. The summed E-state index contributed by atoms with van der Waals surface area (Å²) in [5, 5.41) is 3.48. The molecular weight excluding hydrogens is 221 g/mol. The van der Waals surface area contributed by atoms with Crippen molar-refractivity contribution in [1.29, 1.82) is 0 Å². The fraction of sp³-hybridized carbons (Fsp3) is 0.300. The summed E-state index contributed by atoms with van der Waals surface area (Å²) in [4.78, 5) is 4.79. The lowest BCUT2D eigenvalue weighted by atomic mass is 10.1. The van der Waals surface area contributed by atoms with Gasteiger partial charge in [-0.3, -0.25) is 0 Å². The zero-order valence-electron chi connectivity index (χ0n) is 8.37. The van der Waals surface area contributed by atoms with Gasteiger partial charge in [-0.05, 0) is 17.7 Å². The average molecular weight is 232 g/mol. The van der Waals surface area contributed by atoms with Crippen LogP contribution in [0, 0.1) is 0 Å². The van der Waals surface area contributed by atoms with Gasteiger partial charge in [0.25, 0.3) is 0 Å². The van der Waals surface area contributed by atoms with Crippen LogP contribution in [0.25, 0.3) is 0 Å². The molecule has 0 saturated heterocycles. The molecule has 0 bridgehead atoms. The molecule has 3 nitrogen and oxygen atoms in total. The van der Waals surface area contributed by atoms with Crippen molar-refractivity contribution in [3.8, 4) is 0 Å². The minimum absolute atomic E-state index is 0.120. The van der Waals surface area contributed by atoms with E-state index in [1.165, 1.54) is 18.3 Å². The number of nitrogens with two attached hydrogens (primary N) is 1. The third kappa shape index (κ3) is 3.90. The van der Waals surface area contributed by atoms with Crippen LogP contribution in [0.2, 0.25) is 0 Å². The third-order valence-corrected chi connectivity index (χ3v) is 1.77. The Morgan fingerprint density at radius 2 is 1.88 bits per heavy atom. The Bertz CT molecular complexity index is 346. The average Bonchev–Trinajstić information content (AvgIpc) is 2.24. The number of nitrogens with zero attached hydrogens (tertiary/aromatic N) is 1. The normalized spacial score (nSPS) is 12.0. The number of halogens is 3. The van der Waals surface area contributed by atoms with E-state index in [9.17, 15) is 13.2 Å². The Hall–Kier alpha value is -1.56. The molecule has 0 spiro atoms. The Labute approximate surface area is 90.7 Å². The highest BCUT2D eigenvalue weighted by Crippen LogP contribution is 2.29. The van der Waals surface area contributed by atoms with E-state index in [2.05, 4.69) is 5.16 Å². The minimum Gasteiger partial charge on any atom is -0.391 e. The number of alkyl halides is 3. The molecule has 6 heteroatoms. The zero-order valence-corrected chi connectivity index (χ0v) is 8.37. The van der Waals surface area contributed by atoms with Gasteiger partial charge in [0, 0.05) is 6.54 Å². The number of rotatable bonds is 4. The van der Waals surface area contributed by atoms with E-state index < -0.39 is 11.7 Å². The quantitative estimate of drug-likeness (QED) is 0.638. The van der Waals surface area contributed by atoms with E-state index in [4.69, 9.17) is 10.6 Å². The van der Waals surface area contributed by atoms with Crippen molar-refractivity contribution in [3.05, 3.63) is 35.4 Å². The van der Waals surface area contributed by atoms with Crippen molar-refractivity contribution >= 4 is 6.21 Å². The maximum absolute atomic E-state index is 12.2. The Balaban J connectivity index is 2.55. The summed E-state index contributed by atoms with van der Waals surface area (Å²) in [5.74, 6) is 0. The highest BCUT2D eigenvalue weighted by Gasteiger charge is 2.29. The molecule has 0 aliphatic heterocycles. The predicted molar refractivity (Wildman–Crippen MR) is 53.8 cm³/mol. The van der Waals surface area contributed by atoms with Gasteiger partial charge in [0.2, 0.25) is 0 Å². The topological polar surface area (TPSA) is 47.6 Å². The molecule has 0 heterocycles. The molecule has 16 heavy (non-hydrogen) atoms. The van der Waals surface area contributed by atoms with E-state index >= 15 is 0 Å². The van der Waals surface area contributed by atoms with Crippen molar-refractivity contribution in [2.75, 3.05) is 6.54 Å². The van der Waals surface area contributed by atoms with Crippen LogP contribution < -0.4 is 5.73 Å². The lowest BCUT2D eigenvalue weighted by Gasteiger charge is -2.06. The van der Waals surface area contributed by atoms with Gasteiger partial charge in [-0.1, -0.05) is 17.3 Å². The summed E-state index contributed by atoms with van der Waals surface area (Å²) in [6.07, 6.45) is -2.94. The summed E-state index contributed by atoms with van der Waals surface area (Å²) in [7, 11) is 0. The van der Waals surface area contributed by atoms with E-state index in [0.29, 0.717) is 5.56 Å². The summed E-state index contributed by atoms with van der Waals surface area (Å²) in [6, 6.07) is 4.71. The number of oxime groups is 1. The van der Waals surface area contributed by atoms with Gasteiger partial charge in [-0.15, -0.1) is 0 Å². The van der Waals surface area contributed by atoms with Crippen molar-refractivity contribution in [1.82, 2.24) is 0 Å². The highest BCUT2D eigenvalue weighted by atomic mass is 19.4. The van der Waals surface area contributed by atoms with Crippen molar-refractivity contribution in [2.45, 2.75) is 12.8 Å². The van der Waals surface area contributed by atoms with Gasteiger partial charge in [-0.2, -0.15) is 13.2 Å². The SMILES string of the molecule is NCC=NOCc1ccc(C(F)(F)F)cc1. The molecule has 0 aliphatic carbocycles. The molecule has 2 N–H and O–H groups in total. The van der Waals surface area contributed by atoms with E-state index in [0.717, 1.165) is 12.1 Å². The molecule has 0 unspecified atom stereocenters. The van der Waals surface area contributed by atoms with Gasteiger partial charge in [0.1, 0.15) is 6.61 Å². The summed E-state index contributed by atoms with van der Waals surface area (Å²) in [5.41, 5.74) is 5.06. The lowest BCUT2D eigenvalue weighted by Crippen LogP contribution is -2.04. The number of hydrogen-bond donors (Lipinski definition) is 1. The lowest BCUT2D eigenvalue weighted by molar-refractivity contribution is -0.137. The second-order valence-electron chi connectivity index (χ2n) is 2.99. The standard InChI is InChI=1S/C10H11F3N2O/c11-10(12,13)9-3-1-8(2-4-9)7-16-15-6-5-14/h1-4,6H,5,7,14H2. The second-order valence-corrected chi connectivity index (χ2v) is 2.99. The minimum atomic E-state index is -4.31. The second kappa shape index (κ2) is 5.50. The molecule has 0 radical (unpaired) electrons. The molecule has 88 valence electrons. The predicted octanol–water partition coefficient (Wildman–Crippen LogP) is 2.17.